The van der Waals surface area contributed by atoms with Crippen LogP contribution in [-0.2, 0) is 0 Å². The third-order valence-electron chi connectivity index (χ3n) is 4.26. The van der Waals surface area contributed by atoms with Crippen LogP contribution in [0.2, 0.25) is 0 Å². The fourth-order valence-corrected chi connectivity index (χ4v) is 3.66. The van der Waals surface area contributed by atoms with Crippen LogP contribution in [0.1, 0.15) is 12.5 Å². The first-order chi connectivity index (χ1) is 14.1. The summed E-state index contributed by atoms with van der Waals surface area (Å²) in [4.78, 5) is 5.43. The summed E-state index contributed by atoms with van der Waals surface area (Å²) in [6.07, 6.45) is 1.79. The molecule has 6 heteroatoms. The van der Waals surface area contributed by atoms with E-state index < -0.39 is 0 Å². The molecule has 0 aliphatic heterocycles. The van der Waals surface area contributed by atoms with Gasteiger partial charge in [-0.15, -0.1) is 11.3 Å². The number of rotatable bonds is 6. The Balaban J connectivity index is 1.80. The average molecular weight is 404 g/mol. The van der Waals surface area contributed by atoms with Crippen LogP contribution < -0.4 is 9.54 Å². The molecule has 146 valence electrons. The van der Waals surface area contributed by atoms with Crippen molar-refractivity contribution >= 4 is 28.5 Å². The second-order valence-corrected chi connectivity index (χ2v) is 7.49. The summed E-state index contributed by atoms with van der Waals surface area (Å²) in [5.41, 5.74) is 3.62. The van der Waals surface area contributed by atoms with Gasteiger partial charge >= 0.3 is 0 Å². The molecule has 0 N–H and O–H groups in total. The number of hydrogen-bond donors (Lipinski definition) is 0. The first-order valence-corrected chi connectivity index (χ1v) is 10.0. The maximum absolute atomic E-state index is 6.05. The highest BCUT2D eigenvalue weighted by molar-refractivity contribution is 7.07. The van der Waals surface area contributed by atoms with Gasteiger partial charge in [0, 0.05) is 10.8 Å². The Bertz CT molecular complexity index is 1230. The van der Waals surface area contributed by atoms with Crippen LogP contribution in [0.15, 0.2) is 86.6 Å². The minimum Gasteiger partial charge on any atom is -0.497 e. The van der Waals surface area contributed by atoms with E-state index in [-0.39, 0.29) is 0 Å². The molecule has 0 aliphatic carbocycles. The summed E-state index contributed by atoms with van der Waals surface area (Å²) in [6.45, 7) is 6.45. The predicted octanol–water partition coefficient (Wildman–Crippen LogP) is 5.33. The van der Waals surface area contributed by atoms with E-state index in [9.17, 15) is 0 Å². The Hall–Kier alpha value is -3.38. The van der Waals surface area contributed by atoms with Crippen molar-refractivity contribution in [2.24, 2.45) is 10.1 Å². The molecule has 0 radical (unpaired) electrons. The number of benzene rings is 2. The van der Waals surface area contributed by atoms with Crippen molar-refractivity contribution in [3.05, 3.63) is 82.5 Å². The quantitative estimate of drug-likeness (QED) is 0.323. The van der Waals surface area contributed by atoms with E-state index in [1.807, 2.05) is 71.6 Å². The predicted molar refractivity (Wildman–Crippen MR) is 119 cm³/mol. The summed E-state index contributed by atoms with van der Waals surface area (Å²) in [6, 6.07) is 17.7. The molecule has 0 saturated heterocycles. The Morgan fingerprint density at radius 3 is 2.86 bits per heavy atom. The van der Waals surface area contributed by atoms with Crippen molar-refractivity contribution in [3.8, 4) is 17.2 Å². The highest BCUT2D eigenvalue weighted by Crippen LogP contribution is 2.28. The first kappa shape index (κ1) is 19.0. The highest BCUT2D eigenvalue weighted by Gasteiger charge is 2.12. The molecule has 0 atom stereocenters. The number of ether oxygens (including phenoxy) is 1. The van der Waals surface area contributed by atoms with Crippen LogP contribution in [0.5, 0.6) is 5.75 Å². The number of hydrogen-bond acceptors (Lipinski definition) is 5. The molecule has 2 heterocycles. The van der Waals surface area contributed by atoms with Gasteiger partial charge in [0.15, 0.2) is 5.76 Å². The van der Waals surface area contributed by atoms with Crippen molar-refractivity contribution in [2.45, 2.75) is 6.92 Å². The Morgan fingerprint density at radius 2 is 2.07 bits per heavy atom. The molecule has 0 amide bonds. The van der Waals surface area contributed by atoms with E-state index in [0.717, 1.165) is 44.1 Å². The standard InChI is InChI=1S/C23H21N3O2S/c1-16(2)13-24-23-26(25-14-17-7-6-9-19(11-17)27-3)20(15-29-23)22-12-18-8-4-5-10-21(18)28-22/h4-12,14-15H,1,13H2,2-3H3. The third kappa shape index (κ3) is 4.22. The molecule has 29 heavy (non-hydrogen) atoms. The molecule has 5 nitrogen and oxygen atoms in total. The maximum Gasteiger partial charge on any atom is 0.206 e. The van der Waals surface area contributed by atoms with Crippen LogP contribution in [0.25, 0.3) is 22.4 Å². The number of thiazole rings is 1. The number of fused-ring (bicyclic) bond motifs is 1. The van der Waals surface area contributed by atoms with Gasteiger partial charge < -0.3 is 9.15 Å². The van der Waals surface area contributed by atoms with Crippen LogP contribution >= 0.6 is 11.3 Å². The van der Waals surface area contributed by atoms with Crippen LogP contribution in [-0.4, -0.2) is 24.5 Å². The van der Waals surface area contributed by atoms with Gasteiger partial charge in [0.2, 0.25) is 4.80 Å². The largest absolute Gasteiger partial charge is 0.497 e. The maximum atomic E-state index is 6.05. The van der Waals surface area contributed by atoms with Gasteiger partial charge in [0.05, 0.1) is 19.9 Å². The van der Waals surface area contributed by atoms with Gasteiger partial charge in [-0.3, -0.25) is 4.99 Å². The molecule has 0 saturated carbocycles. The molecule has 2 aromatic heterocycles. The molecule has 0 fully saturated rings. The van der Waals surface area contributed by atoms with Gasteiger partial charge in [-0.1, -0.05) is 42.5 Å². The smallest absolute Gasteiger partial charge is 0.206 e. The summed E-state index contributed by atoms with van der Waals surface area (Å²) >= 11 is 1.52. The van der Waals surface area contributed by atoms with Crippen molar-refractivity contribution in [1.82, 2.24) is 4.68 Å². The summed E-state index contributed by atoms with van der Waals surface area (Å²) in [7, 11) is 1.65. The lowest BCUT2D eigenvalue weighted by molar-refractivity contribution is 0.414. The molecular formula is C23H21N3O2S. The zero-order chi connectivity index (χ0) is 20.2. The molecule has 0 unspecified atom stereocenters. The Kier molecular flexibility index (Phi) is 5.44. The molecule has 4 rings (SSSR count). The number of para-hydroxylation sites is 1. The summed E-state index contributed by atoms with van der Waals surface area (Å²) < 4.78 is 13.2. The molecule has 0 bridgehead atoms. The van der Waals surface area contributed by atoms with Crippen molar-refractivity contribution in [1.29, 1.82) is 0 Å². The van der Waals surface area contributed by atoms with Gasteiger partial charge in [-0.25, -0.2) is 4.68 Å². The topological polar surface area (TPSA) is 52.0 Å². The third-order valence-corrected chi connectivity index (χ3v) is 5.12. The van der Waals surface area contributed by atoms with Crippen LogP contribution in [0.3, 0.4) is 0 Å². The summed E-state index contributed by atoms with van der Waals surface area (Å²) in [5.74, 6) is 1.54. The second kappa shape index (κ2) is 8.32. The molecule has 4 aromatic rings. The second-order valence-electron chi connectivity index (χ2n) is 6.66. The fraction of sp³-hybridized carbons (Fsp3) is 0.130. The number of aromatic nitrogens is 1. The number of furan rings is 1. The van der Waals surface area contributed by atoms with Crippen molar-refractivity contribution in [3.63, 3.8) is 0 Å². The van der Waals surface area contributed by atoms with E-state index in [2.05, 4.69) is 11.6 Å². The molecule has 0 aliphatic rings. The Morgan fingerprint density at radius 1 is 1.21 bits per heavy atom. The first-order valence-electron chi connectivity index (χ1n) is 9.17. The summed E-state index contributed by atoms with van der Waals surface area (Å²) in [5, 5.41) is 7.76. The van der Waals surface area contributed by atoms with E-state index in [0.29, 0.717) is 6.54 Å². The lowest BCUT2D eigenvalue weighted by Crippen LogP contribution is -2.12. The monoisotopic (exact) mass is 403 g/mol. The fourth-order valence-electron chi connectivity index (χ4n) is 2.85. The van der Waals surface area contributed by atoms with Gasteiger partial charge in [-0.05, 0) is 36.8 Å². The molecule has 0 spiro atoms. The van der Waals surface area contributed by atoms with E-state index in [1.54, 1.807) is 13.3 Å². The minimum absolute atomic E-state index is 0.550. The minimum atomic E-state index is 0.550. The molecular weight excluding hydrogens is 382 g/mol. The van der Waals surface area contributed by atoms with Crippen LogP contribution in [0.4, 0.5) is 0 Å². The SMILES string of the molecule is C=C(C)CN=c1scc(-c2cc3ccccc3o2)n1N=Cc1cccc(OC)c1. The van der Waals surface area contributed by atoms with Gasteiger partial charge in [0.25, 0.3) is 0 Å². The lowest BCUT2D eigenvalue weighted by atomic mass is 10.2. The Labute approximate surface area is 172 Å². The normalized spacial score (nSPS) is 12.1. The number of nitrogens with zero attached hydrogens (tertiary/aromatic N) is 3. The van der Waals surface area contributed by atoms with E-state index >= 15 is 0 Å². The molecule has 2 aromatic carbocycles. The van der Waals surface area contributed by atoms with Crippen molar-refractivity contribution in [2.75, 3.05) is 13.7 Å². The lowest BCUT2D eigenvalue weighted by Gasteiger charge is -2.02. The van der Waals surface area contributed by atoms with E-state index in [4.69, 9.17) is 14.3 Å². The zero-order valence-electron chi connectivity index (χ0n) is 16.3. The van der Waals surface area contributed by atoms with E-state index in [1.165, 1.54) is 11.3 Å². The van der Waals surface area contributed by atoms with Gasteiger partial charge in [0.1, 0.15) is 17.0 Å². The highest BCUT2D eigenvalue weighted by atomic mass is 32.1. The van der Waals surface area contributed by atoms with Crippen molar-refractivity contribution < 1.29 is 9.15 Å². The van der Waals surface area contributed by atoms with Crippen LogP contribution in [0, 0.1) is 0 Å². The average Bonchev–Trinajstić information content (AvgIpc) is 3.34. The zero-order valence-corrected chi connectivity index (χ0v) is 17.1. The van der Waals surface area contributed by atoms with Gasteiger partial charge in [-0.2, -0.15) is 5.10 Å². The number of methoxy groups -OCH3 is 1.